The van der Waals surface area contributed by atoms with Gasteiger partial charge in [0.25, 0.3) is 5.91 Å². The van der Waals surface area contributed by atoms with Gasteiger partial charge in [-0.1, -0.05) is 35.3 Å². The number of para-hydroxylation sites is 1. The molecule has 0 atom stereocenters. The first kappa shape index (κ1) is 13.6. The average molecular weight is 296 g/mol. The number of pyridine rings is 1. The smallest absolute Gasteiger partial charge is 0.257 e. The molecule has 2 rings (SSSR count). The summed E-state index contributed by atoms with van der Waals surface area (Å²) >= 11 is 12.0. The molecule has 0 aliphatic rings. The van der Waals surface area contributed by atoms with Gasteiger partial charge in [0.2, 0.25) is 0 Å². The van der Waals surface area contributed by atoms with Gasteiger partial charge in [0.05, 0.1) is 21.3 Å². The first-order valence-corrected chi connectivity index (χ1v) is 6.26. The Balaban J connectivity index is 2.28. The maximum atomic E-state index is 12.1. The molecule has 98 valence electrons. The van der Waals surface area contributed by atoms with Crippen LogP contribution in [0.1, 0.15) is 10.4 Å². The molecule has 2 N–H and O–H groups in total. The number of halogens is 2. The molecule has 1 aromatic carbocycles. The van der Waals surface area contributed by atoms with Crippen LogP contribution < -0.4 is 10.6 Å². The van der Waals surface area contributed by atoms with Crippen LogP contribution in [0.25, 0.3) is 0 Å². The first-order chi connectivity index (χ1) is 9.11. The summed E-state index contributed by atoms with van der Waals surface area (Å²) < 4.78 is 0. The fourth-order valence-electron chi connectivity index (χ4n) is 1.50. The molecule has 0 fully saturated rings. The Bertz CT molecular complexity index is 617. The third kappa shape index (κ3) is 3.16. The van der Waals surface area contributed by atoms with Crippen LogP contribution >= 0.6 is 23.2 Å². The molecule has 2 aromatic rings. The van der Waals surface area contributed by atoms with Gasteiger partial charge in [-0.2, -0.15) is 0 Å². The summed E-state index contributed by atoms with van der Waals surface area (Å²) in [5, 5.41) is 6.31. The molecular weight excluding hydrogens is 285 g/mol. The van der Waals surface area contributed by atoms with Crippen LogP contribution in [0.4, 0.5) is 11.5 Å². The zero-order valence-corrected chi connectivity index (χ0v) is 11.6. The highest BCUT2D eigenvalue weighted by molar-refractivity contribution is 6.35. The van der Waals surface area contributed by atoms with E-state index in [0.29, 0.717) is 22.1 Å². The second-order valence-corrected chi connectivity index (χ2v) is 4.55. The Morgan fingerprint density at radius 3 is 2.63 bits per heavy atom. The van der Waals surface area contributed by atoms with Gasteiger partial charge in [0.15, 0.2) is 0 Å². The van der Waals surface area contributed by atoms with Crippen molar-refractivity contribution < 1.29 is 4.79 Å². The van der Waals surface area contributed by atoms with Crippen molar-refractivity contribution in [2.45, 2.75) is 0 Å². The lowest BCUT2D eigenvalue weighted by molar-refractivity contribution is 0.102. The summed E-state index contributed by atoms with van der Waals surface area (Å²) in [6.45, 7) is 0. The largest absolute Gasteiger partial charge is 0.373 e. The number of nitrogens with zero attached hydrogens (tertiary/aromatic N) is 1. The SMILES string of the molecule is CNc1cc(C(=O)Nc2ccccc2Cl)c(Cl)cn1. The average Bonchev–Trinajstić information content (AvgIpc) is 2.42. The number of benzene rings is 1. The van der Waals surface area contributed by atoms with E-state index in [1.807, 2.05) is 0 Å². The third-order valence-electron chi connectivity index (χ3n) is 2.48. The molecule has 0 aliphatic heterocycles. The first-order valence-electron chi connectivity index (χ1n) is 5.51. The summed E-state index contributed by atoms with van der Waals surface area (Å²) in [5.74, 6) is 0.228. The molecule has 1 heterocycles. The normalized spacial score (nSPS) is 10.1. The molecule has 1 aromatic heterocycles. The standard InChI is InChI=1S/C13H11Cl2N3O/c1-16-12-6-8(10(15)7-17-12)13(19)18-11-5-3-2-4-9(11)14/h2-7H,1H3,(H,16,17)(H,18,19). The van der Waals surface area contributed by atoms with E-state index >= 15 is 0 Å². The molecule has 0 saturated heterocycles. The maximum absolute atomic E-state index is 12.1. The van der Waals surface area contributed by atoms with Gasteiger partial charge >= 0.3 is 0 Å². The topological polar surface area (TPSA) is 54.0 Å². The van der Waals surface area contributed by atoms with Crippen LogP contribution in [0.2, 0.25) is 10.0 Å². The van der Waals surface area contributed by atoms with Crippen molar-refractivity contribution in [3.63, 3.8) is 0 Å². The van der Waals surface area contributed by atoms with Gasteiger partial charge in [0.1, 0.15) is 5.82 Å². The van der Waals surface area contributed by atoms with Crippen molar-refractivity contribution in [1.82, 2.24) is 4.98 Å². The van der Waals surface area contributed by atoms with E-state index in [1.54, 1.807) is 37.4 Å². The Hall–Kier alpha value is -1.78. The molecule has 4 nitrogen and oxygen atoms in total. The monoisotopic (exact) mass is 295 g/mol. The summed E-state index contributed by atoms with van der Waals surface area (Å²) in [7, 11) is 1.71. The minimum atomic E-state index is -0.336. The van der Waals surface area contributed by atoms with Crippen molar-refractivity contribution in [1.29, 1.82) is 0 Å². The highest BCUT2D eigenvalue weighted by Crippen LogP contribution is 2.23. The van der Waals surface area contributed by atoms with E-state index in [4.69, 9.17) is 23.2 Å². The fraction of sp³-hybridized carbons (Fsp3) is 0.0769. The molecule has 0 unspecified atom stereocenters. The molecule has 0 radical (unpaired) electrons. The summed E-state index contributed by atoms with van der Waals surface area (Å²) in [5.41, 5.74) is 0.869. The zero-order valence-electron chi connectivity index (χ0n) is 10.1. The summed E-state index contributed by atoms with van der Waals surface area (Å²) in [6, 6.07) is 8.57. The van der Waals surface area contributed by atoms with Gasteiger partial charge in [-0.15, -0.1) is 0 Å². The highest BCUT2D eigenvalue weighted by atomic mass is 35.5. The molecule has 0 saturated carbocycles. The maximum Gasteiger partial charge on any atom is 0.257 e. The van der Waals surface area contributed by atoms with E-state index in [1.165, 1.54) is 6.20 Å². The minimum Gasteiger partial charge on any atom is -0.373 e. The fourth-order valence-corrected chi connectivity index (χ4v) is 1.87. The molecule has 0 aliphatic carbocycles. The van der Waals surface area contributed by atoms with Crippen LogP contribution in [0, 0.1) is 0 Å². The molecule has 0 spiro atoms. The molecular formula is C13H11Cl2N3O. The van der Waals surface area contributed by atoms with E-state index in [2.05, 4.69) is 15.6 Å². The Kier molecular flexibility index (Phi) is 4.24. The zero-order chi connectivity index (χ0) is 13.8. The molecule has 0 bridgehead atoms. The summed E-state index contributed by atoms with van der Waals surface area (Å²) in [4.78, 5) is 16.2. The number of nitrogens with one attached hydrogen (secondary N) is 2. The van der Waals surface area contributed by atoms with E-state index in [-0.39, 0.29) is 10.9 Å². The number of anilines is 2. The minimum absolute atomic E-state index is 0.281. The molecule has 19 heavy (non-hydrogen) atoms. The Morgan fingerprint density at radius 1 is 1.21 bits per heavy atom. The van der Waals surface area contributed by atoms with Gasteiger partial charge in [0, 0.05) is 13.2 Å². The lowest BCUT2D eigenvalue weighted by atomic mass is 10.2. The van der Waals surface area contributed by atoms with Crippen LogP contribution in [0.5, 0.6) is 0 Å². The van der Waals surface area contributed by atoms with Crippen LogP contribution in [0.3, 0.4) is 0 Å². The van der Waals surface area contributed by atoms with Gasteiger partial charge in [-0.3, -0.25) is 4.79 Å². The predicted octanol–water partition coefficient (Wildman–Crippen LogP) is 3.68. The summed E-state index contributed by atoms with van der Waals surface area (Å²) in [6.07, 6.45) is 1.43. The van der Waals surface area contributed by atoms with Crippen molar-refractivity contribution in [2.75, 3.05) is 17.7 Å². The second kappa shape index (κ2) is 5.91. The highest BCUT2D eigenvalue weighted by Gasteiger charge is 2.13. The Morgan fingerprint density at radius 2 is 1.95 bits per heavy atom. The van der Waals surface area contributed by atoms with E-state index < -0.39 is 0 Å². The van der Waals surface area contributed by atoms with Crippen LogP contribution in [-0.2, 0) is 0 Å². The number of aromatic nitrogens is 1. The second-order valence-electron chi connectivity index (χ2n) is 3.73. The van der Waals surface area contributed by atoms with Crippen molar-refractivity contribution in [3.05, 3.63) is 52.1 Å². The predicted molar refractivity (Wildman–Crippen MR) is 78.2 cm³/mol. The quantitative estimate of drug-likeness (QED) is 0.908. The molecule has 6 heteroatoms. The Labute approximate surface area is 120 Å². The van der Waals surface area contributed by atoms with Crippen LogP contribution in [-0.4, -0.2) is 17.9 Å². The van der Waals surface area contributed by atoms with Gasteiger partial charge < -0.3 is 10.6 Å². The lowest BCUT2D eigenvalue weighted by Gasteiger charge is -2.09. The van der Waals surface area contributed by atoms with Gasteiger partial charge in [-0.05, 0) is 18.2 Å². The number of carbonyl (C=O) groups excluding carboxylic acids is 1. The number of hydrogen-bond acceptors (Lipinski definition) is 3. The van der Waals surface area contributed by atoms with Crippen LogP contribution in [0.15, 0.2) is 36.5 Å². The van der Waals surface area contributed by atoms with E-state index in [9.17, 15) is 4.79 Å². The van der Waals surface area contributed by atoms with E-state index in [0.717, 1.165) is 0 Å². The number of carbonyl (C=O) groups is 1. The molecule has 1 amide bonds. The third-order valence-corrected chi connectivity index (χ3v) is 3.11. The number of hydrogen-bond donors (Lipinski definition) is 2. The van der Waals surface area contributed by atoms with Gasteiger partial charge in [-0.25, -0.2) is 4.98 Å². The number of rotatable bonds is 3. The van der Waals surface area contributed by atoms with Crippen molar-refractivity contribution in [3.8, 4) is 0 Å². The van der Waals surface area contributed by atoms with Crippen molar-refractivity contribution >= 4 is 40.6 Å². The van der Waals surface area contributed by atoms with Crippen molar-refractivity contribution in [2.24, 2.45) is 0 Å². The lowest BCUT2D eigenvalue weighted by Crippen LogP contribution is -2.13. The number of amides is 1.